The molecule has 17 heavy (non-hydrogen) atoms. The van der Waals surface area contributed by atoms with Gasteiger partial charge >= 0.3 is 0 Å². The molecule has 0 atom stereocenters. The van der Waals surface area contributed by atoms with Crippen LogP contribution < -0.4 is 10.5 Å². The number of primary sulfonamides is 1. The molecule has 0 radical (unpaired) electrons. The minimum atomic E-state index is -3.80. The summed E-state index contributed by atoms with van der Waals surface area (Å²) in [5.74, 6) is -0.296. The van der Waals surface area contributed by atoms with Crippen molar-refractivity contribution in [3.8, 4) is 0 Å². The molecular formula is C11H16N2O3S. The van der Waals surface area contributed by atoms with E-state index in [0.29, 0.717) is 17.7 Å². The second-order valence-corrected chi connectivity index (χ2v) is 5.37. The zero-order valence-electron chi connectivity index (χ0n) is 10.1. The predicted molar refractivity (Wildman–Crippen MR) is 65.3 cm³/mol. The predicted octanol–water partition coefficient (Wildman–Crippen LogP) is 0.701. The Balaban J connectivity index is 3.39. The van der Waals surface area contributed by atoms with Gasteiger partial charge in [0.2, 0.25) is 10.0 Å². The maximum Gasteiger partial charge on any atom is 0.251 e. The third kappa shape index (κ3) is 3.04. The molecule has 0 unspecified atom stereocenters. The van der Waals surface area contributed by atoms with Crippen LogP contribution in [0.15, 0.2) is 17.0 Å². The molecule has 0 heterocycles. The molecule has 0 spiro atoms. The number of carbonyl (C=O) groups excluding carboxylic acids is 1. The van der Waals surface area contributed by atoms with Crippen molar-refractivity contribution in [1.29, 1.82) is 0 Å². The molecule has 1 aromatic rings. The van der Waals surface area contributed by atoms with Crippen LogP contribution in [-0.4, -0.2) is 20.9 Å². The van der Waals surface area contributed by atoms with E-state index in [0.717, 1.165) is 5.56 Å². The van der Waals surface area contributed by atoms with E-state index in [1.54, 1.807) is 26.8 Å². The lowest BCUT2D eigenvalue weighted by Gasteiger charge is -2.10. The minimum Gasteiger partial charge on any atom is -0.352 e. The van der Waals surface area contributed by atoms with Crippen molar-refractivity contribution in [3.63, 3.8) is 0 Å². The van der Waals surface area contributed by atoms with E-state index in [1.165, 1.54) is 6.07 Å². The summed E-state index contributed by atoms with van der Waals surface area (Å²) in [7, 11) is -3.80. The van der Waals surface area contributed by atoms with Gasteiger partial charge in [0.1, 0.15) is 0 Å². The van der Waals surface area contributed by atoms with Gasteiger partial charge in [-0.15, -0.1) is 0 Å². The third-order valence-corrected chi connectivity index (χ3v) is 3.46. The Labute approximate surface area is 101 Å². The van der Waals surface area contributed by atoms with Crippen LogP contribution in [0.4, 0.5) is 0 Å². The van der Waals surface area contributed by atoms with Crippen LogP contribution >= 0.6 is 0 Å². The lowest BCUT2D eigenvalue weighted by atomic mass is 10.1. The molecule has 5 nitrogen and oxygen atoms in total. The molecule has 0 fully saturated rings. The number of sulfonamides is 1. The number of amides is 1. The third-order valence-electron chi connectivity index (χ3n) is 2.41. The first-order chi connectivity index (χ1) is 7.77. The molecule has 3 N–H and O–H groups in total. The molecule has 0 saturated heterocycles. The Bertz CT molecular complexity index is 550. The Hall–Kier alpha value is -1.40. The first kappa shape index (κ1) is 13.7. The van der Waals surface area contributed by atoms with Crippen LogP contribution in [0.2, 0.25) is 0 Å². The molecule has 0 saturated carbocycles. The van der Waals surface area contributed by atoms with Gasteiger partial charge in [-0.3, -0.25) is 4.79 Å². The van der Waals surface area contributed by atoms with Gasteiger partial charge in [0.25, 0.3) is 5.91 Å². The first-order valence-electron chi connectivity index (χ1n) is 5.19. The topological polar surface area (TPSA) is 89.3 Å². The lowest BCUT2D eigenvalue weighted by molar-refractivity contribution is 0.0955. The number of benzene rings is 1. The number of hydrogen-bond acceptors (Lipinski definition) is 3. The summed E-state index contributed by atoms with van der Waals surface area (Å²) >= 11 is 0. The highest BCUT2D eigenvalue weighted by Crippen LogP contribution is 2.19. The monoisotopic (exact) mass is 256 g/mol. The van der Waals surface area contributed by atoms with Crippen molar-refractivity contribution in [2.24, 2.45) is 5.14 Å². The van der Waals surface area contributed by atoms with E-state index in [2.05, 4.69) is 5.32 Å². The Kier molecular flexibility index (Phi) is 3.90. The zero-order valence-corrected chi connectivity index (χ0v) is 10.9. The molecule has 0 aromatic heterocycles. The van der Waals surface area contributed by atoms with Gasteiger partial charge in [0.05, 0.1) is 4.90 Å². The van der Waals surface area contributed by atoms with E-state index in [1.807, 2.05) is 0 Å². The zero-order chi connectivity index (χ0) is 13.2. The summed E-state index contributed by atoms with van der Waals surface area (Å²) in [4.78, 5) is 11.7. The van der Waals surface area contributed by atoms with Gasteiger partial charge < -0.3 is 5.32 Å². The van der Waals surface area contributed by atoms with E-state index in [9.17, 15) is 13.2 Å². The first-order valence-corrected chi connectivity index (χ1v) is 6.74. The van der Waals surface area contributed by atoms with Crippen LogP contribution in [0, 0.1) is 13.8 Å². The van der Waals surface area contributed by atoms with Crippen LogP contribution in [0.5, 0.6) is 0 Å². The van der Waals surface area contributed by atoms with Gasteiger partial charge in [-0.1, -0.05) is 6.07 Å². The Morgan fingerprint density at radius 1 is 1.29 bits per heavy atom. The van der Waals surface area contributed by atoms with Crippen molar-refractivity contribution in [2.45, 2.75) is 25.7 Å². The molecule has 1 aromatic carbocycles. The summed E-state index contributed by atoms with van der Waals surface area (Å²) < 4.78 is 22.7. The minimum absolute atomic E-state index is 0.00986. The molecule has 6 heteroatoms. The Morgan fingerprint density at radius 2 is 1.88 bits per heavy atom. The molecule has 0 aliphatic carbocycles. The Morgan fingerprint density at radius 3 is 2.35 bits per heavy atom. The molecule has 0 aliphatic heterocycles. The van der Waals surface area contributed by atoms with E-state index in [4.69, 9.17) is 5.14 Å². The fourth-order valence-electron chi connectivity index (χ4n) is 1.64. The summed E-state index contributed by atoms with van der Waals surface area (Å²) in [6, 6.07) is 2.97. The molecule has 0 bridgehead atoms. The fraction of sp³-hybridized carbons (Fsp3) is 0.364. The molecule has 1 amide bonds. The number of aryl methyl sites for hydroxylation is 2. The van der Waals surface area contributed by atoms with Gasteiger partial charge in [-0.2, -0.15) is 0 Å². The average molecular weight is 256 g/mol. The number of carbonyl (C=O) groups is 1. The van der Waals surface area contributed by atoms with Crippen molar-refractivity contribution in [3.05, 3.63) is 28.8 Å². The summed E-state index contributed by atoms with van der Waals surface area (Å²) in [6.45, 7) is 5.68. The summed E-state index contributed by atoms with van der Waals surface area (Å²) in [6.07, 6.45) is 0. The van der Waals surface area contributed by atoms with Crippen molar-refractivity contribution in [1.82, 2.24) is 5.32 Å². The van der Waals surface area contributed by atoms with Crippen LogP contribution in [0.1, 0.15) is 28.4 Å². The number of nitrogens with two attached hydrogens (primary N) is 1. The summed E-state index contributed by atoms with van der Waals surface area (Å²) in [5.41, 5.74) is 1.60. The lowest BCUT2D eigenvalue weighted by Crippen LogP contribution is -2.24. The van der Waals surface area contributed by atoms with Crippen molar-refractivity contribution >= 4 is 15.9 Å². The fourth-order valence-corrected chi connectivity index (χ4v) is 2.43. The number of nitrogens with one attached hydrogen (secondary N) is 1. The smallest absolute Gasteiger partial charge is 0.251 e. The average Bonchev–Trinajstić information content (AvgIpc) is 2.15. The second-order valence-electron chi connectivity index (χ2n) is 3.84. The molecular weight excluding hydrogens is 240 g/mol. The second kappa shape index (κ2) is 4.85. The van der Waals surface area contributed by atoms with Gasteiger partial charge in [-0.05, 0) is 38.0 Å². The maximum absolute atomic E-state index is 11.7. The summed E-state index contributed by atoms with van der Waals surface area (Å²) in [5, 5.41) is 7.72. The SMILES string of the molecule is CCNC(=O)c1cc(S(N)(=O)=O)c(C)cc1C. The van der Waals surface area contributed by atoms with E-state index in [-0.39, 0.29) is 10.8 Å². The maximum atomic E-state index is 11.7. The molecule has 94 valence electrons. The highest BCUT2D eigenvalue weighted by molar-refractivity contribution is 7.89. The van der Waals surface area contributed by atoms with Crippen molar-refractivity contribution in [2.75, 3.05) is 6.54 Å². The van der Waals surface area contributed by atoms with Gasteiger partial charge in [0.15, 0.2) is 0 Å². The molecule has 1 rings (SSSR count). The van der Waals surface area contributed by atoms with Gasteiger partial charge in [0, 0.05) is 12.1 Å². The van der Waals surface area contributed by atoms with Crippen LogP contribution in [0.3, 0.4) is 0 Å². The largest absolute Gasteiger partial charge is 0.352 e. The highest BCUT2D eigenvalue weighted by atomic mass is 32.2. The molecule has 0 aliphatic rings. The highest BCUT2D eigenvalue weighted by Gasteiger charge is 2.17. The number of hydrogen-bond donors (Lipinski definition) is 2. The van der Waals surface area contributed by atoms with Crippen LogP contribution in [0.25, 0.3) is 0 Å². The standard InChI is InChI=1S/C11H16N2O3S/c1-4-13-11(14)9-6-10(17(12,15)16)8(3)5-7(9)2/h5-6H,4H2,1-3H3,(H,13,14)(H2,12,15,16). The van der Waals surface area contributed by atoms with E-state index < -0.39 is 10.0 Å². The van der Waals surface area contributed by atoms with Gasteiger partial charge in [-0.25, -0.2) is 13.6 Å². The van der Waals surface area contributed by atoms with Crippen LogP contribution in [-0.2, 0) is 10.0 Å². The normalized spacial score (nSPS) is 11.3. The quantitative estimate of drug-likeness (QED) is 0.834. The van der Waals surface area contributed by atoms with Crippen molar-refractivity contribution < 1.29 is 13.2 Å². The van der Waals surface area contributed by atoms with E-state index >= 15 is 0 Å². The number of rotatable bonds is 3.